The Hall–Kier alpha value is -2.45. The first-order valence-corrected chi connectivity index (χ1v) is 7.18. The van der Waals surface area contributed by atoms with Crippen LogP contribution in [0.1, 0.15) is 4.88 Å². The molecule has 0 bridgehead atoms. The molecule has 0 atom stereocenters. The van der Waals surface area contributed by atoms with Crippen LogP contribution in [0.5, 0.6) is 5.75 Å². The number of halogens is 1. The number of rotatable bonds is 6. The van der Waals surface area contributed by atoms with Gasteiger partial charge in [0.15, 0.2) is 6.61 Å². The molecule has 0 spiro atoms. The van der Waals surface area contributed by atoms with E-state index in [1.54, 1.807) is 30.3 Å². The average Bonchev–Trinajstić information content (AvgIpc) is 2.96. The van der Waals surface area contributed by atoms with E-state index in [2.05, 4.69) is 10.5 Å². The van der Waals surface area contributed by atoms with E-state index in [1.807, 2.05) is 0 Å². The predicted octanol–water partition coefficient (Wildman–Crippen LogP) is 2.84. The Morgan fingerprint density at radius 3 is 2.73 bits per heavy atom. The first-order chi connectivity index (χ1) is 10.5. The van der Waals surface area contributed by atoms with E-state index in [1.165, 1.54) is 12.3 Å². The number of nitro groups is 1. The largest absolute Gasteiger partial charge is 0.484 e. The smallest absolute Gasteiger partial charge is 0.324 e. The van der Waals surface area contributed by atoms with E-state index < -0.39 is 10.8 Å². The minimum Gasteiger partial charge on any atom is -0.484 e. The van der Waals surface area contributed by atoms with Crippen molar-refractivity contribution in [1.82, 2.24) is 5.43 Å². The fraction of sp³-hybridized carbons (Fsp3) is 0.0769. The van der Waals surface area contributed by atoms with Crippen molar-refractivity contribution in [1.29, 1.82) is 0 Å². The Kier molecular flexibility index (Phi) is 5.45. The van der Waals surface area contributed by atoms with Crippen LogP contribution in [0, 0.1) is 10.1 Å². The molecule has 0 aliphatic carbocycles. The van der Waals surface area contributed by atoms with Crippen molar-refractivity contribution in [3.05, 3.63) is 56.4 Å². The highest BCUT2D eigenvalue weighted by atomic mass is 35.5. The van der Waals surface area contributed by atoms with Gasteiger partial charge >= 0.3 is 5.00 Å². The summed E-state index contributed by atoms with van der Waals surface area (Å²) >= 11 is 6.69. The van der Waals surface area contributed by atoms with Crippen LogP contribution in [-0.4, -0.2) is 23.7 Å². The van der Waals surface area contributed by atoms with Gasteiger partial charge in [-0.05, 0) is 30.3 Å². The summed E-state index contributed by atoms with van der Waals surface area (Å²) in [5.74, 6) is 0.0645. The third kappa shape index (κ3) is 4.83. The van der Waals surface area contributed by atoms with Crippen LogP contribution in [0.2, 0.25) is 5.02 Å². The van der Waals surface area contributed by atoms with Crippen LogP contribution >= 0.6 is 22.9 Å². The standard InChI is InChI=1S/C13H10ClN3O4S/c14-9-1-3-10(4-2-9)21-8-12(18)16-15-7-11-5-6-13(22-11)17(19)20/h1-7H,8H2,(H,16,18)/b15-7-. The molecule has 1 N–H and O–H groups in total. The van der Waals surface area contributed by atoms with Crippen molar-refractivity contribution < 1.29 is 14.5 Å². The number of thiophene rings is 1. The Balaban J connectivity index is 1.78. The van der Waals surface area contributed by atoms with Crippen LogP contribution in [0.3, 0.4) is 0 Å². The zero-order chi connectivity index (χ0) is 15.9. The molecular weight excluding hydrogens is 330 g/mol. The minimum absolute atomic E-state index is 0.0128. The van der Waals surface area contributed by atoms with Crippen LogP contribution in [-0.2, 0) is 4.79 Å². The van der Waals surface area contributed by atoms with Gasteiger partial charge in [-0.15, -0.1) is 0 Å². The third-order valence-electron chi connectivity index (χ3n) is 2.36. The highest BCUT2D eigenvalue weighted by Gasteiger charge is 2.08. The SMILES string of the molecule is O=C(COc1ccc(Cl)cc1)N/N=C\c1ccc([N+](=O)[O-])s1. The van der Waals surface area contributed by atoms with Crippen LogP contribution < -0.4 is 10.2 Å². The zero-order valence-corrected chi connectivity index (χ0v) is 12.6. The molecule has 114 valence electrons. The average molecular weight is 340 g/mol. The summed E-state index contributed by atoms with van der Waals surface area (Å²) in [4.78, 5) is 22.1. The summed E-state index contributed by atoms with van der Waals surface area (Å²) in [6, 6.07) is 9.50. The van der Waals surface area contributed by atoms with Crippen LogP contribution in [0.4, 0.5) is 5.00 Å². The van der Waals surface area contributed by atoms with Crippen molar-refractivity contribution in [3.63, 3.8) is 0 Å². The van der Waals surface area contributed by atoms with Crippen molar-refractivity contribution in [2.24, 2.45) is 5.10 Å². The summed E-state index contributed by atoms with van der Waals surface area (Å²) in [6.45, 7) is -0.205. The summed E-state index contributed by atoms with van der Waals surface area (Å²) in [7, 11) is 0. The second-order valence-electron chi connectivity index (χ2n) is 3.97. The Labute approximate surface area is 134 Å². The number of amides is 1. The lowest BCUT2D eigenvalue weighted by molar-refractivity contribution is -0.380. The van der Waals surface area contributed by atoms with Crippen LogP contribution in [0.25, 0.3) is 0 Å². The van der Waals surface area contributed by atoms with Crippen molar-refractivity contribution in [2.75, 3.05) is 6.61 Å². The summed E-state index contributed by atoms with van der Waals surface area (Å²) < 4.78 is 5.23. The van der Waals surface area contributed by atoms with Gasteiger partial charge in [-0.25, -0.2) is 5.43 Å². The molecule has 0 radical (unpaired) electrons. The molecule has 1 aromatic carbocycles. The zero-order valence-electron chi connectivity index (χ0n) is 11.1. The Morgan fingerprint density at radius 2 is 2.09 bits per heavy atom. The Bertz CT molecular complexity index is 700. The molecule has 1 aromatic heterocycles. The van der Waals surface area contributed by atoms with Gasteiger partial charge in [0, 0.05) is 11.1 Å². The number of nitrogens with zero attached hydrogens (tertiary/aromatic N) is 2. The number of carbonyl (C=O) groups is 1. The lowest BCUT2D eigenvalue weighted by atomic mass is 10.3. The van der Waals surface area contributed by atoms with Gasteiger partial charge in [0.2, 0.25) is 0 Å². The predicted molar refractivity (Wildman–Crippen MR) is 83.7 cm³/mol. The molecule has 1 amide bonds. The van der Waals surface area contributed by atoms with Gasteiger partial charge in [-0.1, -0.05) is 22.9 Å². The highest BCUT2D eigenvalue weighted by molar-refractivity contribution is 7.16. The summed E-state index contributed by atoms with van der Waals surface area (Å²) in [6.07, 6.45) is 1.33. The fourth-order valence-electron chi connectivity index (χ4n) is 1.39. The maximum atomic E-state index is 11.5. The molecule has 0 unspecified atom stereocenters. The van der Waals surface area contributed by atoms with Crippen molar-refractivity contribution in [2.45, 2.75) is 0 Å². The number of hydrazone groups is 1. The molecule has 22 heavy (non-hydrogen) atoms. The topological polar surface area (TPSA) is 93.8 Å². The van der Waals surface area contributed by atoms with E-state index in [9.17, 15) is 14.9 Å². The van der Waals surface area contributed by atoms with Gasteiger partial charge in [0.05, 0.1) is 16.0 Å². The van der Waals surface area contributed by atoms with E-state index >= 15 is 0 Å². The summed E-state index contributed by atoms with van der Waals surface area (Å²) in [5.41, 5.74) is 2.27. The molecule has 2 aromatic rings. The lowest BCUT2D eigenvalue weighted by Gasteiger charge is -2.04. The van der Waals surface area contributed by atoms with Gasteiger partial charge in [0.1, 0.15) is 5.75 Å². The van der Waals surface area contributed by atoms with E-state index in [0.29, 0.717) is 15.6 Å². The molecule has 7 nitrogen and oxygen atoms in total. The molecule has 0 saturated carbocycles. The van der Waals surface area contributed by atoms with E-state index in [0.717, 1.165) is 11.3 Å². The Morgan fingerprint density at radius 1 is 1.36 bits per heavy atom. The van der Waals surface area contributed by atoms with Gasteiger partial charge in [-0.2, -0.15) is 5.10 Å². The molecule has 0 saturated heterocycles. The normalized spacial score (nSPS) is 10.6. The molecule has 9 heteroatoms. The van der Waals surface area contributed by atoms with Gasteiger partial charge in [-0.3, -0.25) is 14.9 Å². The monoisotopic (exact) mass is 339 g/mol. The van der Waals surface area contributed by atoms with Gasteiger partial charge < -0.3 is 4.74 Å². The number of nitrogens with one attached hydrogen (secondary N) is 1. The molecule has 0 aliphatic rings. The second-order valence-corrected chi connectivity index (χ2v) is 5.50. The first kappa shape index (κ1) is 15.9. The van der Waals surface area contributed by atoms with E-state index in [4.69, 9.17) is 16.3 Å². The number of hydrogen-bond donors (Lipinski definition) is 1. The number of hydrogen-bond acceptors (Lipinski definition) is 6. The number of ether oxygens (including phenoxy) is 1. The molecule has 2 rings (SSSR count). The van der Waals surface area contributed by atoms with Crippen molar-refractivity contribution in [3.8, 4) is 5.75 Å². The van der Waals surface area contributed by atoms with E-state index in [-0.39, 0.29) is 11.6 Å². The number of carbonyl (C=O) groups excluding carboxylic acids is 1. The summed E-state index contributed by atoms with van der Waals surface area (Å²) in [5, 5.41) is 14.8. The van der Waals surface area contributed by atoms with Gasteiger partial charge in [0.25, 0.3) is 5.91 Å². The molecule has 0 fully saturated rings. The third-order valence-corrected chi connectivity index (χ3v) is 3.58. The second kappa shape index (κ2) is 7.53. The molecular formula is C13H10ClN3O4S. The first-order valence-electron chi connectivity index (χ1n) is 5.99. The fourth-order valence-corrected chi connectivity index (χ4v) is 2.21. The maximum Gasteiger partial charge on any atom is 0.324 e. The maximum absolute atomic E-state index is 11.5. The molecule has 0 aliphatic heterocycles. The minimum atomic E-state index is -0.486. The highest BCUT2D eigenvalue weighted by Crippen LogP contribution is 2.22. The molecule has 1 heterocycles. The lowest BCUT2D eigenvalue weighted by Crippen LogP contribution is -2.24. The van der Waals surface area contributed by atoms with Crippen molar-refractivity contribution >= 4 is 40.1 Å². The number of benzene rings is 1. The quantitative estimate of drug-likeness (QED) is 0.497. The van der Waals surface area contributed by atoms with Crippen LogP contribution in [0.15, 0.2) is 41.5 Å².